The molecule has 2 aliphatic carbocycles. The van der Waals surface area contributed by atoms with Crippen molar-refractivity contribution in [2.75, 3.05) is 19.9 Å². The molecule has 0 spiro atoms. The Morgan fingerprint density at radius 1 is 0.923 bits per heavy atom. The minimum Gasteiger partial charge on any atom is -0.486 e. The number of rotatable bonds is 11. The zero-order valence-electron chi connectivity index (χ0n) is 23.0. The number of hydrogen-bond acceptors (Lipinski definition) is 2. The van der Waals surface area contributed by atoms with Crippen LogP contribution in [0.2, 0.25) is 0 Å². The van der Waals surface area contributed by atoms with Gasteiger partial charge in [0.05, 0.1) is 6.61 Å². The van der Waals surface area contributed by atoms with Gasteiger partial charge in [0.25, 0.3) is 0 Å². The molecule has 0 heterocycles. The van der Waals surface area contributed by atoms with Gasteiger partial charge in [-0.25, -0.2) is 13.2 Å². The highest BCUT2D eigenvalue weighted by molar-refractivity contribution is 5.76. The number of ether oxygens (including phenoxy) is 2. The predicted octanol–water partition coefficient (Wildman–Crippen LogP) is 9.50. The number of alkyl halides is 1. The molecule has 2 aromatic rings. The number of fused-ring (bicyclic) bond motifs is 1. The molecule has 2 saturated carbocycles. The van der Waals surface area contributed by atoms with E-state index in [9.17, 15) is 17.6 Å². The van der Waals surface area contributed by atoms with Crippen LogP contribution in [-0.4, -0.2) is 19.9 Å². The molecule has 39 heavy (non-hydrogen) atoms. The summed E-state index contributed by atoms with van der Waals surface area (Å²) in [6, 6.07) is 10.7. The SMILES string of the molecule is CCOC/C=C\C(=C(\F)CF)c1ccc(OCc2ccc(C3CCC4CC(CC)CCC4C3)cc2)c(F)c1F. The van der Waals surface area contributed by atoms with Gasteiger partial charge in [0.1, 0.15) is 19.1 Å². The van der Waals surface area contributed by atoms with Crippen LogP contribution < -0.4 is 4.74 Å². The molecule has 2 fully saturated rings. The largest absolute Gasteiger partial charge is 0.486 e. The summed E-state index contributed by atoms with van der Waals surface area (Å²) in [5, 5.41) is 0. The summed E-state index contributed by atoms with van der Waals surface area (Å²) in [5.74, 6) is -0.768. The molecule has 0 N–H and O–H groups in total. The molecule has 0 saturated heterocycles. The van der Waals surface area contributed by atoms with Crippen LogP contribution in [0.3, 0.4) is 0 Å². The maximum Gasteiger partial charge on any atom is 0.201 e. The maximum absolute atomic E-state index is 14.9. The van der Waals surface area contributed by atoms with E-state index in [1.807, 2.05) is 12.1 Å². The second kappa shape index (κ2) is 14.2. The van der Waals surface area contributed by atoms with E-state index in [0.717, 1.165) is 23.3 Å². The highest BCUT2D eigenvalue weighted by atomic mass is 19.2. The van der Waals surface area contributed by atoms with E-state index < -0.39 is 24.1 Å². The molecule has 4 unspecified atom stereocenters. The van der Waals surface area contributed by atoms with E-state index in [0.29, 0.717) is 12.5 Å². The Morgan fingerprint density at radius 2 is 1.67 bits per heavy atom. The highest BCUT2D eigenvalue weighted by Gasteiger charge is 2.35. The summed E-state index contributed by atoms with van der Waals surface area (Å²) >= 11 is 0. The lowest BCUT2D eigenvalue weighted by Gasteiger charge is -2.42. The minimum atomic E-state index is -1.43. The normalized spacial score (nSPS) is 23.9. The number of hydrogen-bond donors (Lipinski definition) is 0. The molecular formula is C33H40F4O2. The van der Waals surface area contributed by atoms with Crippen LogP contribution in [0.25, 0.3) is 5.57 Å². The van der Waals surface area contributed by atoms with Gasteiger partial charge in [0.15, 0.2) is 11.6 Å². The molecule has 0 bridgehead atoms. The quantitative estimate of drug-likeness (QED) is 0.159. The van der Waals surface area contributed by atoms with E-state index >= 15 is 0 Å². The van der Waals surface area contributed by atoms with Crippen LogP contribution in [0.15, 0.2) is 54.4 Å². The monoisotopic (exact) mass is 544 g/mol. The standard InChI is InChI=1S/C33H40F4O2/c1-3-22-7-12-27-19-26(14-13-25(27)18-22)24-10-8-23(9-11-24)21-39-31-16-15-29(32(36)33(31)37)28(30(35)20-34)6-5-17-38-4-2/h5-6,8-11,15-16,22,25-27H,3-4,7,12-14,17-21H2,1-2H3/b6-5-,30-28-. The van der Waals surface area contributed by atoms with Crippen LogP contribution in [-0.2, 0) is 11.3 Å². The minimum absolute atomic E-state index is 0.0690. The molecule has 0 aliphatic heterocycles. The molecule has 212 valence electrons. The zero-order chi connectivity index (χ0) is 27.8. The Kier molecular flexibility index (Phi) is 10.7. The lowest BCUT2D eigenvalue weighted by atomic mass is 9.63. The number of halogens is 4. The van der Waals surface area contributed by atoms with Gasteiger partial charge in [0, 0.05) is 17.7 Å². The van der Waals surface area contributed by atoms with Crippen LogP contribution in [0, 0.1) is 29.4 Å². The molecule has 4 atom stereocenters. The lowest BCUT2D eigenvalue weighted by molar-refractivity contribution is 0.116. The lowest BCUT2D eigenvalue weighted by Crippen LogP contribution is -2.30. The summed E-state index contributed by atoms with van der Waals surface area (Å²) < 4.78 is 67.6. The van der Waals surface area contributed by atoms with Gasteiger partial charge in [0.2, 0.25) is 5.82 Å². The number of allylic oxidation sites excluding steroid dienone is 3. The molecule has 0 amide bonds. The van der Waals surface area contributed by atoms with Crippen LogP contribution in [0.5, 0.6) is 5.75 Å². The molecule has 2 aliphatic rings. The van der Waals surface area contributed by atoms with Crippen molar-refractivity contribution in [2.45, 2.75) is 71.3 Å². The molecular weight excluding hydrogens is 504 g/mol. The molecule has 2 aromatic carbocycles. The van der Waals surface area contributed by atoms with Crippen molar-refractivity contribution in [1.82, 2.24) is 0 Å². The first-order valence-corrected chi connectivity index (χ1v) is 14.3. The van der Waals surface area contributed by atoms with E-state index in [1.54, 1.807) is 6.92 Å². The second-order valence-electron chi connectivity index (χ2n) is 10.9. The summed E-state index contributed by atoms with van der Waals surface area (Å²) in [6.07, 6.45) is 11.9. The van der Waals surface area contributed by atoms with Gasteiger partial charge in [-0.15, -0.1) is 0 Å². The Bertz CT molecular complexity index is 1140. The first-order valence-electron chi connectivity index (χ1n) is 14.3. The Morgan fingerprint density at radius 3 is 2.38 bits per heavy atom. The second-order valence-corrected chi connectivity index (χ2v) is 10.9. The highest BCUT2D eigenvalue weighted by Crippen LogP contribution is 2.48. The van der Waals surface area contributed by atoms with Crippen LogP contribution >= 0.6 is 0 Å². The summed E-state index contributed by atoms with van der Waals surface area (Å²) in [6.45, 7) is 3.33. The molecule has 0 radical (unpaired) electrons. The van der Waals surface area contributed by atoms with Gasteiger partial charge >= 0.3 is 0 Å². The van der Waals surface area contributed by atoms with E-state index in [1.165, 1.54) is 74.8 Å². The van der Waals surface area contributed by atoms with Gasteiger partial charge in [-0.3, -0.25) is 0 Å². The van der Waals surface area contributed by atoms with Crippen molar-refractivity contribution in [3.05, 3.63) is 82.7 Å². The van der Waals surface area contributed by atoms with Crippen molar-refractivity contribution in [3.8, 4) is 5.75 Å². The van der Waals surface area contributed by atoms with Crippen molar-refractivity contribution in [2.24, 2.45) is 17.8 Å². The van der Waals surface area contributed by atoms with Gasteiger partial charge in [-0.1, -0.05) is 56.2 Å². The van der Waals surface area contributed by atoms with E-state index in [2.05, 4.69) is 19.1 Å². The third kappa shape index (κ3) is 7.33. The van der Waals surface area contributed by atoms with Crippen molar-refractivity contribution >= 4 is 5.57 Å². The van der Waals surface area contributed by atoms with Crippen molar-refractivity contribution in [3.63, 3.8) is 0 Å². The van der Waals surface area contributed by atoms with Crippen molar-refractivity contribution in [1.29, 1.82) is 0 Å². The Hall–Kier alpha value is -2.60. The fourth-order valence-electron chi connectivity index (χ4n) is 6.31. The Labute approximate surface area is 230 Å². The zero-order valence-corrected chi connectivity index (χ0v) is 23.0. The van der Waals surface area contributed by atoms with Crippen molar-refractivity contribution < 1.29 is 27.0 Å². The third-order valence-corrected chi connectivity index (χ3v) is 8.59. The van der Waals surface area contributed by atoms with E-state index in [4.69, 9.17) is 9.47 Å². The first kappa shape index (κ1) is 29.4. The summed E-state index contributed by atoms with van der Waals surface area (Å²) in [7, 11) is 0. The van der Waals surface area contributed by atoms with Crippen LogP contribution in [0.1, 0.15) is 81.4 Å². The Balaban J connectivity index is 1.38. The predicted molar refractivity (Wildman–Crippen MR) is 148 cm³/mol. The molecule has 4 rings (SSSR count). The average molecular weight is 545 g/mol. The molecule has 2 nitrogen and oxygen atoms in total. The first-order chi connectivity index (χ1) is 18.9. The average Bonchev–Trinajstić information content (AvgIpc) is 2.97. The third-order valence-electron chi connectivity index (χ3n) is 8.59. The topological polar surface area (TPSA) is 18.5 Å². The van der Waals surface area contributed by atoms with E-state index in [-0.39, 0.29) is 30.1 Å². The van der Waals surface area contributed by atoms with Crippen LogP contribution in [0.4, 0.5) is 17.6 Å². The van der Waals surface area contributed by atoms with Gasteiger partial charge in [-0.05, 0) is 86.0 Å². The maximum atomic E-state index is 14.9. The summed E-state index contributed by atoms with van der Waals surface area (Å²) in [4.78, 5) is 0. The fourth-order valence-corrected chi connectivity index (χ4v) is 6.31. The smallest absolute Gasteiger partial charge is 0.201 e. The summed E-state index contributed by atoms with van der Waals surface area (Å²) in [5.41, 5.74) is 1.46. The van der Waals surface area contributed by atoms with Gasteiger partial charge < -0.3 is 9.47 Å². The number of benzene rings is 2. The fraction of sp³-hybridized carbons (Fsp3) is 0.515. The van der Waals surface area contributed by atoms with Gasteiger partial charge in [-0.2, -0.15) is 4.39 Å². The molecule has 0 aromatic heterocycles. The molecule has 6 heteroatoms.